The number of anilines is 2. The number of aliphatic hydroxyl groups is 1. The van der Waals surface area contributed by atoms with Crippen LogP contribution >= 0.6 is 11.6 Å². The SMILES string of the molecule is Nc1ncc(-c2cc(CC3CCC(O)CC3)ncc2Cl)nc1NCC1CCOCC1. The summed E-state index contributed by atoms with van der Waals surface area (Å²) in [6, 6.07) is 2.01. The van der Waals surface area contributed by atoms with E-state index in [1.807, 2.05) is 6.07 Å². The summed E-state index contributed by atoms with van der Waals surface area (Å²) in [4.78, 5) is 13.6. The van der Waals surface area contributed by atoms with E-state index < -0.39 is 0 Å². The van der Waals surface area contributed by atoms with Crippen LogP contribution in [0.15, 0.2) is 18.5 Å². The Kier molecular flexibility index (Phi) is 7.02. The van der Waals surface area contributed by atoms with Crippen molar-refractivity contribution >= 4 is 23.2 Å². The molecule has 8 heteroatoms. The van der Waals surface area contributed by atoms with E-state index in [0.717, 1.165) is 76.0 Å². The molecule has 0 amide bonds. The van der Waals surface area contributed by atoms with E-state index in [0.29, 0.717) is 34.2 Å². The third-order valence-electron chi connectivity index (χ3n) is 6.20. The topological polar surface area (TPSA) is 106 Å². The zero-order valence-corrected chi connectivity index (χ0v) is 17.9. The van der Waals surface area contributed by atoms with Crippen LogP contribution in [0.4, 0.5) is 11.6 Å². The first-order valence-electron chi connectivity index (χ1n) is 10.9. The van der Waals surface area contributed by atoms with E-state index in [2.05, 4.69) is 15.3 Å². The Hall–Kier alpha value is -1.96. The van der Waals surface area contributed by atoms with Gasteiger partial charge < -0.3 is 20.9 Å². The second kappa shape index (κ2) is 9.90. The number of aromatic nitrogens is 3. The van der Waals surface area contributed by atoms with Crippen molar-refractivity contribution in [1.29, 1.82) is 0 Å². The number of nitrogen functional groups attached to an aromatic ring is 1. The van der Waals surface area contributed by atoms with Gasteiger partial charge in [0.2, 0.25) is 0 Å². The molecule has 3 heterocycles. The lowest BCUT2D eigenvalue weighted by atomic mass is 9.84. The van der Waals surface area contributed by atoms with Crippen LogP contribution in [0.3, 0.4) is 0 Å². The summed E-state index contributed by atoms with van der Waals surface area (Å²) in [5, 5.41) is 13.6. The quantitative estimate of drug-likeness (QED) is 0.640. The van der Waals surface area contributed by atoms with Gasteiger partial charge >= 0.3 is 0 Å². The zero-order valence-electron chi connectivity index (χ0n) is 17.2. The second-order valence-electron chi connectivity index (χ2n) is 8.46. The second-order valence-corrected chi connectivity index (χ2v) is 8.87. The summed E-state index contributed by atoms with van der Waals surface area (Å²) in [6.45, 7) is 2.42. The maximum absolute atomic E-state index is 9.73. The fraction of sp³-hybridized carbons (Fsp3) is 0.591. The van der Waals surface area contributed by atoms with Gasteiger partial charge in [-0.25, -0.2) is 9.97 Å². The molecular weight excluding hydrogens is 402 g/mol. The highest BCUT2D eigenvalue weighted by molar-refractivity contribution is 6.33. The van der Waals surface area contributed by atoms with Gasteiger partial charge in [-0.1, -0.05) is 11.6 Å². The Labute approximate surface area is 182 Å². The molecule has 4 N–H and O–H groups in total. The van der Waals surface area contributed by atoms with Crippen molar-refractivity contribution in [3.63, 3.8) is 0 Å². The molecule has 1 saturated heterocycles. The molecule has 4 rings (SSSR count). The minimum atomic E-state index is -0.146. The Morgan fingerprint density at radius 2 is 1.83 bits per heavy atom. The highest BCUT2D eigenvalue weighted by atomic mass is 35.5. The predicted octanol–water partition coefficient (Wildman–Crippen LogP) is 3.71. The maximum Gasteiger partial charge on any atom is 0.169 e. The normalized spacial score (nSPS) is 22.7. The molecule has 7 nitrogen and oxygen atoms in total. The summed E-state index contributed by atoms with van der Waals surface area (Å²) in [5.41, 5.74) is 8.56. The third kappa shape index (κ3) is 5.39. The average Bonchev–Trinajstić information content (AvgIpc) is 2.77. The van der Waals surface area contributed by atoms with Crippen molar-refractivity contribution < 1.29 is 9.84 Å². The first-order chi connectivity index (χ1) is 14.6. The fourth-order valence-corrected chi connectivity index (χ4v) is 4.48. The van der Waals surface area contributed by atoms with Crippen LogP contribution in [0.25, 0.3) is 11.3 Å². The molecule has 0 bridgehead atoms. The average molecular weight is 432 g/mol. The van der Waals surface area contributed by atoms with Crippen molar-refractivity contribution in [3.8, 4) is 11.3 Å². The van der Waals surface area contributed by atoms with Gasteiger partial charge in [0.15, 0.2) is 11.6 Å². The van der Waals surface area contributed by atoms with Gasteiger partial charge in [-0.05, 0) is 62.8 Å². The zero-order chi connectivity index (χ0) is 20.9. The Balaban J connectivity index is 1.48. The smallest absolute Gasteiger partial charge is 0.169 e. The Morgan fingerprint density at radius 3 is 2.60 bits per heavy atom. The summed E-state index contributed by atoms with van der Waals surface area (Å²) < 4.78 is 5.42. The molecule has 0 aromatic carbocycles. The number of rotatable bonds is 6. The highest BCUT2D eigenvalue weighted by Crippen LogP contribution is 2.31. The molecule has 30 heavy (non-hydrogen) atoms. The third-order valence-corrected chi connectivity index (χ3v) is 6.50. The Bertz CT molecular complexity index is 851. The van der Waals surface area contributed by atoms with E-state index in [9.17, 15) is 5.11 Å². The number of hydrogen-bond donors (Lipinski definition) is 3. The highest BCUT2D eigenvalue weighted by Gasteiger charge is 2.21. The summed E-state index contributed by atoms with van der Waals surface area (Å²) in [5.74, 6) is 2.07. The van der Waals surface area contributed by atoms with Crippen LogP contribution in [0.1, 0.15) is 44.2 Å². The van der Waals surface area contributed by atoms with Crippen LogP contribution in [-0.2, 0) is 11.2 Å². The van der Waals surface area contributed by atoms with Crippen molar-refractivity contribution in [2.45, 2.75) is 51.0 Å². The molecule has 1 saturated carbocycles. The summed E-state index contributed by atoms with van der Waals surface area (Å²) in [7, 11) is 0. The molecule has 2 aliphatic rings. The van der Waals surface area contributed by atoms with Crippen molar-refractivity contribution in [3.05, 3.63) is 29.2 Å². The maximum atomic E-state index is 9.73. The minimum absolute atomic E-state index is 0.146. The Morgan fingerprint density at radius 1 is 1.07 bits per heavy atom. The van der Waals surface area contributed by atoms with E-state index in [-0.39, 0.29) is 6.10 Å². The summed E-state index contributed by atoms with van der Waals surface area (Å²) in [6.07, 6.45) is 9.98. The molecule has 2 aromatic heterocycles. The van der Waals surface area contributed by atoms with E-state index in [4.69, 9.17) is 27.1 Å². The number of hydrogen-bond acceptors (Lipinski definition) is 7. The van der Waals surface area contributed by atoms with Gasteiger partial charge in [-0.15, -0.1) is 0 Å². The van der Waals surface area contributed by atoms with Gasteiger partial charge in [-0.3, -0.25) is 4.98 Å². The molecule has 0 radical (unpaired) electrons. The van der Waals surface area contributed by atoms with E-state index in [1.165, 1.54) is 0 Å². The van der Waals surface area contributed by atoms with Gasteiger partial charge in [0, 0.05) is 37.2 Å². The lowest BCUT2D eigenvalue weighted by Crippen LogP contribution is -2.23. The number of halogens is 1. The van der Waals surface area contributed by atoms with Gasteiger partial charge in [0.1, 0.15) is 0 Å². The number of pyridine rings is 1. The van der Waals surface area contributed by atoms with Gasteiger partial charge in [0.25, 0.3) is 0 Å². The molecular formula is C22H30ClN5O2. The predicted molar refractivity (Wildman–Crippen MR) is 118 cm³/mol. The number of ether oxygens (including phenoxy) is 1. The number of aliphatic hydroxyl groups excluding tert-OH is 1. The van der Waals surface area contributed by atoms with Crippen molar-refractivity contribution in [1.82, 2.24) is 15.0 Å². The van der Waals surface area contributed by atoms with Crippen LogP contribution in [-0.4, -0.2) is 45.9 Å². The van der Waals surface area contributed by atoms with Gasteiger partial charge in [0.05, 0.1) is 23.0 Å². The number of nitrogens with two attached hydrogens (primary N) is 1. The largest absolute Gasteiger partial charge is 0.393 e. The van der Waals surface area contributed by atoms with E-state index >= 15 is 0 Å². The molecule has 1 aliphatic heterocycles. The van der Waals surface area contributed by atoms with Crippen LogP contribution in [0.2, 0.25) is 5.02 Å². The molecule has 0 atom stereocenters. The first-order valence-corrected chi connectivity index (χ1v) is 11.2. The molecule has 2 fully saturated rings. The number of nitrogens with one attached hydrogen (secondary N) is 1. The number of nitrogens with zero attached hydrogens (tertiary/aromatic N) is 3. The standard InChI is InChI=1S/C22H30ClN5O2/c23-19-12-25-16(9-14-1-3-17(29)4-2-14)10-18(19)20-13-26-21(24)22(28-20)27-11-15-5-7-30-8-6-15/h10,12-15,17,29H,1-9,11H2,(H2,24,26)(H,27,28). The molecule has 2 aromatic rings. The fourth-order valence-electron chi connectivity index (χ4n) is 4.28. The van der Waals surface area contributed by atoms with Crippen LogP contribution < -0.4 is 11.1 Å². The molecule has 0 spiro atoms. The van der Waals surface area contributed by atoms with Crippen molar-refractivity contribution in [2.75, 3.05) is 30.8 Å². The first kappa shape index (κ1) is 21.3. The molecule has 162 valence electrons. The monoisotopic (exact) mass is 431 g/mol. The summed E-state index contributed by atoms with van der Waals surface area (Å²) >= 11 is 6.45. The van der Waals surface area contributed by atoms with Crippen LogP contribution in [0.5, 0.6) is 0 Å². The van der Waals surface area contributed by atoms with Crippen molar-refractivity contribution in [2.24, 2.45) is 11.8 Å². The van der Waals surface area contributed by atoms with Crippen LogP contribution in [0, 0.1) is 11.8 Å². The van der Waals surface area contributed by atoms with Gasteiger partial charge in [-0.2, -0.15) is 0 Å². The molecule has 0 unspecified atom stereocenters. The lowest BCUT2D eigenvalue weighted by molar-refractivity contribution is 0.0699. The van der Waals surface area contributed by atoms with E-state index in [1.54, 1.807) is 12.4 Å². The molecule has 1 aliphatic carbocycles. The minimum Gasteiger partial charge on any atom is -0.393 e. The lowest BCUT2D eigenvalue weighted by Gasteiger charge is -2.25.